The van der Waals surface area contributed by atoms with Crippen molar-refractivity contribution in [2.75, 3.05) is 26.8 Å². The van der Waals surface area contributed by atoms with Gasteiger partial charge in [-0.25, -0.2) is 0 Å². The van der Waals surface area contributed by atoms with E-state index in [-0.39, 0.29) is 12.5 Å². The number of amides is 1. The third kappa shape index (κ3) is 3.92. The first-order valence-corrected chi connectivity index (χ1v) is 5.98. The number of ether oxygens (including phenoxy) is 2. The summed E-state index contributed by atoms with van der Waals surface area (Å²) in [4.78, 5) is 11.4. The fraction of sp³-hybridized carbons (Fsp3) is 0.462. The number of methoxy groups -OCH3 is 1. The summed E-state index contributed by atoms with van der Waals surface area (Å²) < 4.78 is 10.8. The molecule has 1 aromatic rings. The zero-order chi connectivity index (χ0) is 13.4. The van der Waals surface area contributed by atoms with Crippen LogP contribution in [0.3, 0.4) is 0 Å². The van der Waals surface area contributed by atoms with Crippen LogP contribution in [0.1, 0.15) is 12.5 Å². The number of nitrogens with one attached hydrogen (secondary N) is 1. The highest BCUT2D eigenvalue weighted by Gasteiger charge is 2.11. The largest absolute Gasteiger partial charge is 0.493 e. The molecule has 1 amide bonds. The lowest BCUT2D eigenvalue weighted by Gasteiger charge is -2.14. The molecule has 0 aliphatic heterocycles. The van der Waals surface area contributed by atoms with Gasteiger partial charge in [-0.2, -0.15) is 0 Å². The molecule has 0 unspecified atom stereocenters. The van der Waals surface area contributed by atoms with E-state index in [1.807, 2.05) is 19.1 Å². The van der Waals surface area contributed by atoms with Crippen LogP contribution in [0, 0.1) is 0 Å². The average molecular weight is 252 g/mol. The Morgan fingerprint density at radius 3 is 2.83 bits per heavy atom. The van der Waals surface area contributed by atoms with Crippen molar-refractivity contribution < 1.29 is 14.3 Å². The SMILES string of the molecule is CCNC(=O)COc1c(CCN)cccc1OC. The topological polar surface area (TPSA) is 73.6 Å². The second-order valence-electron chi connectivity index (χ2n) is 3.73. The predicted molar refractivity (Wildman–Crippen MR) is 69.9 cm³/mol. The van der Waals surface area contributed by atoms with Gasteiger partial charge in [0.25, 0.3) is 5.91 Å². The van der Waals surface area contributed by atoms with Gasteiger partial charge in [-0.3, -0.25) is 4.79 Å². The van der Waals surface area contributed by atoms with E-state index in [1.54, 1.807) is 13.2 Å². The highest BCUT2D eigenvalue weighted by molar-refractivity contribution is 5.77. The number of carbonyl (C=O) groups is 1. The van der Waals surface area contributed by atoms with E-state index in [0.717, 1.165) is 5.56 Å². The van der Waals surface area contributed by atoms with Crippen molar-refractivity contribution in [1.29, 1.82) is 0 Å². The standard InChI is InChI=1S/C13H20N2O3/c1-3-15-12(16)9-18-13-10(7-8-14)5-4-6-11(13)17-2/h4-6H,3,7-9,14H2,1-2H3,(H,15,16). The van der Waals surface area contributed by atoms with Crippen LogP contribution in [0.5, 0.6) is 11.5 Å². The molecule has 18 heavy (non-hydrogen) atoms. The molecule has 5 nitrogen and oxygen atoms in total. The van der Waals surface area contributed by atoms with Crippen molar-refractivity contribution in [3.63, 3.8) is 0 Å². The van der Waals surface area contributed by atoms with Crippen LogP contribution in [0.15, 0.2) is 18.2 Å². The smallest absolute Gasteiger partial charge is 0.257 e. The summed E-state index contributed by atoms with van der Waals surface area (Å²) in [5.74, 6) is 1.06. The van der Waals surface area contributed by atoms with Crippen LogP contribution in [0.4, 0.5) is 0 Å². The van der Waals surface area contributed by atoms with Crippen molar-refractivity contribution in [2.24, 2.45) is 5.73 Å². The Hall–Kier alpha value is -1.75. The second-order valence-corrected chi connectivity index (χ2v) is 3.73. The third-order valence-electron chi connectivity index (χ3n) is 2.42. The molecule has 0 fully saturated rings. The molecule has 100 valence electrons. The normalized spacial score (nSPS) is 9.94. The number of carbonyl (C=O) groups excluding carboxylic acids is 1. The number of rotatable bonds is 7. The molecule has 0 saturated carbocycles. The summed E-state index contributed by atoms with van der Waals surface area (Å²) >= 11 is 0. The Bertz CT molecular complexity index is 394. The molecule has 0 aromatic heterocycles. The Morgan fingerprint density at radius 2 is 2.22 bits per heavy atom. The Kier molecular flexibility index (Phi) is 6.00. The second kappa shape index (κ2) is 7.55. The summed E-state index contributed by atoms with van der Waals surface area (Å²) in [6.07, 6.45) is 0.682. The maximum absolute atomic E-state index is 11.4. The zero-order valence-corrected chi connectivity index (χ0v) is 10.9. The van der Waals surface area contributed by atoms with Gasteiger partial charge in [0, 0.05) is 6.54 Å². The van der Waals surface area contributed by atoms with Gasteiger partial charge in [0.2, 0.25) is 0 Å². The fourth-order valence-electron chi connectivity index (χ4n) is 1.62. The molecule has 0 bridgehead atoms. The molecule has 0 radical (unpaired) electrons. The van der Waals surface area contributed by atoms with Crippen LogP contribution in [0.2, 0.25) is 0 Å². The van der Waals surface area contributed by atoms with Crippen molar-refractivity contribution in [2.45, 2.75) is 13.3 Å². The lowest BCUT2D eigenvalue weighted by atomic mass is 10.1. The van der Waals surface area contributed by atoms with Crippen molar-refractivity contribution >= 4 is 5.91 Å². The number of hydrogen-bond acceptors (Lipinski definition) is 4. The summed E-state index contributed by atoms with van der Waals surface area (Å²) in [7, 11) is 1.57. The van der Waals surface area contributed by atoms with Gasteiger partial charge in [0.05, 0.1) is 7.11 Å². The van der Waals surface area contributed by atoms with Crippen LogP contribution < -0.4 is 20.5 Å². The van der Waals surface area contributed by atoms with Crippen LogP contribution >= 0.6 is 0 Å². The molecule has 5 heteroatoms. The minimum atomic E-state index is -0.151. The zero-order valence-electron chi connectivity index (χ0n) is 10.9. The van der Waals surface area contributed by atoms with E-state index >= 15 is 0 Å². The first kappa shape index (κ1) is 14.3. The number of likely N-dealkylation sites (N-methyl/N-ethyl adjacent to an activating group) is 1. The third-order valence-corrected chi connectivity index (χ3v) is 2.42. The van der Waals surface area contributed by atoms with E-state index in [9.17, 15) is 4.79 Å². The summed E-state index contributed by atoms with van der Waals surface area (Å²) in [5, 5.41) is 2.68. The molecule has 0 aliphatic carbocycles. The maximum Gasteiger partial charge on any atom is 0.257 e. The first-order valence-electron chi connectivity index (χ1n) is 5.98. The Labute approximate surface area is 107 Å². The molecule has 0 saturated heterocycles. The minimum Gasteiger partial charge on any atom is -0.493 e. The number of benzene rings is 1. The van der Waals surface area contributed by atoms with Crippen LogP contribution in [-0.4, -0.2) is 32.7 Å². The highest BCUT2D eigenvalue weighted by atomic mass is 16.5. The Balaban J connectivity index is 2.80. The van der Waals surface area contributed by atoms with Crippen molar-refractivity contribution in [1.82, 2.24) is 5.32 Å². The van der Waals surface area contributed by atoms with E-state index in [4.69, 9.17) is 15.2 Å². The van der Waals surface area contributed by atoms with E-state index in [2.05, 4.69) is 5.32 Å². The molecule has 1 rings (SSSR count). The maximum atomic E-state index is 11.4. The van der Waals surface area contributed by atoms with Crippen LogP contribution in [-0.2, 0) is 11.2 Å². The number of nitrogens with two attached hydrogens (primary N) is 1. The van der Waals surface area contributed by atoms with Gasteiger partial charge in [-0.1, -0.05) is 12.1 Å². The summed E-state index contributed by atoms with van der Waals surface area (Å²) in [6.45, 7) is 2.95. The quantitative estimate of drug-likeness (QED) is 0.749. The summed E-state index contributed by atoms with van der Waals surface area (Å²) in [6, 6.07) is 5.60. The fourth-order valence-corrected chi connectivity index (χ4v) is 1.62. The van der Waals surface area contributed by atoms with Gasteiger partial charge < -0.3 is 20.5 Å². The molecule has 0 heterocycles. The Morgan fingerprint density at radius 1 is 1.44 bits per heavy atom. The molecule has 0 atom stereocenters. The first-order chi connectivity index (χ1) is 8.72. The molecule has 1 aromatic carbocycles. The van der Waals surface area contributed by atoms with Gasteiger partial charge in [-0.15, -0.1) is 0 Å². The predicted octanol–water partition coefficient (Wildman–Crippen LogP) is 0.711. The molecular weight excluding hydrogens is 232 g/mol. The van der Waals surface area contributed by atoms with Gasteiger partial charge in [-0.05, 0) is 31.5 Å². The van der Waals surface area contributed by atoms with E-state index < -0.39 is 0 Å². The van der Waals surface area contributed by atoms with E-state index in [1.165, 1.54) is 0 Å². The number of hydrogen-bond donors (Lipinski definition) is 2. The van der Waals surface area contributed by atoms with Gasteiger partial charge >= 0.3 is 0 Å². The minimum absolute atomic E-state index is 0.0220. The lowest BCUT2D eigenvalue weighted by molar-refractivity contribution is -0.123. The number of para-hydroxylation sites is 1. The monoisotopic (exact) mass is 252 g/mol. The summed E-state index contributed by atoms with van der Waals surface area (Å²) in [5.41, 5.74) is 6.49. The van der Waals surface area contributed by atoms with Crippen molar-refractivity contribution in [3.05, 3.63) is 23.8 Å². The van der Waals surface area contributed by atoms with Gasteiger partial charge in [0.15, 0.2) is 18.1 Å². The molecular formula is C13H20N2O3. The van der Waals surface area contributed by atoms with Gasteiger partial charge in [0.1, 0.15) is 0 Å². The average Bonchev–Trinajstić information content (AvgIpc) is 2.37. The lowest BCUT2D eigenvalue weighted by Crippen LogP contribution is -2.28. The molecule has 3 N–H and O–H groups in total. The van der Waals surface area contributed by atoms with Crippen LogP contribution in [0.25, 0.3) is 0 Å². The molecule has 0 aliphatic rings. The van der Waals surface area contributed by atoms with Crippen molar-refractivity contribution in [3.8, 4) is 11.5 Å². The highest BCUT2D eigenvalue weighted by Crippen LogP contribution is 2.31. The van der Waals surface area contributed by atoms with E-state index in [0.29, 0.717) is 31.0 Å². The molecule has 0 spiro atoms.